The van der Waals surface area contributed by atoms with Crippen LogP contribution in [0.1, 0.15) is 11.1 Å². The van der Waals surface area contributed by atoms with Crippen LogP contribution < -0.4 is 5.73 Å². The second-order valence-electron chi connectivity index (χ2n) is 4.05. The molecule has 0 saturated carbocycles. The number of aromatic nitrogens is 1. The number of halogens is 3. The van der Waals surface area contributed by atoms with Gasteiger partial charge in [0.25, 0.3) is 0 Å². The zero-order chi connectivity index (χ0) is 15.9. The fourth-order valence-corrected chi connectivity index (χ4v) is 1.44. The Morgan fingerprint density at radius 1 is 1.14 bits per heavy atom. The number of rotatable bonds is 2. The Morgan fingerprint density at radius 2 is 1.71 bits per heavy atom. The molecule has 0 radical (unpaired) electrons. The van der Waals surface area contributed by atoms with Gasteiger partial charge in [-0.1, -0.05) is 30.3 Å². The largest absolute Gasteiger partial charge is 0.490 e. The van der Waals surface area contributed by atoms with Crippen LogP contribution >= 0.6 is 0 Å². The predicted octanol–water partition coefficient (Wildman–Crippen LogP) is 2.89. The maximum atomic E-state index is 10.6. The predicted molar refractivity (Wildman–Crippen MR) is 71.6 cm³/mol. The van der Waals surface area contributed by atoms with Crippen molar-refractivity contribution < 1.29 is 23.1 Å². The smallest absolute Gasteiger partial charge is 0.475 e. The molecular weight excluding hydrogens is 285 g/mol. The Labute approximate surface area is 119 Å². The molecule has 0 aliphatic rings. The van der Waals surface area contributed by atoms with Gasteiger partial charge in [-0.05, 0) is 29.7 Å². The van der Waals surface area contributed by atoms with Crippen molar-refractivity contribution in [3.63, 3.8) is 0 Å². The molecule has 7 heteroatoms. The second-order valence-corrected chi connectivity index (χ2v) is 4.05. The Balaban J connectivity index is 0.000000270. The van der Waals surface area contributed by atoms with E-state index in [0.29, 0.717) is 5.82 Å². The van der Waals surface area contributed by atoms with E-state index in [1.165, 1.54) is 11.1 Å². The average Bonchev–Trinajstić information content (AvgIpc) is 2.39. The summed E-state index contributed by atoms with van der Waals surface area (Å²) in [5, 5.41) is 7.12. The third kappa shape index (κ3) is 6.42. The van der Waals surface area contributed by atoms with Gasteiger partial charge in [0.2, 0.25) is 0 Å². The number of nitrogen functional groups attached to an aromatic ring is 1. The van der Waals surface area contributed by atoms with Gasteiger partial charge in [0, 0.05) is 6.20 Å². The number of nitrogens with zero attached hydrogens (tertiary/aromatic N) is 1. The van der Waals surface area contributed by atoms with E-state index in [1.54, 1.807) is 6.20 Å². The standard InChI is InChI=1S/C12H12N2.C2HF3O2/c13-12-9-11(6-7-14-12)8-10-4-2-1-3-5-10;3-2(4,5)1(6)7/h1-7,9H,8H2,(H2,13,14);(H,6,7). The van der Waals surface area contributed by atoms with Crippen LogP contribution in [0.3, 0.4) is 0 Å². The molecule has 2 rings (SSSR count). The normalized spacial score (nSPS) is 10.4. The summed E-state index contributed by atoms with van der Waals surface area (Å²) >= 11 is 0. The van der Waals surface area contributed by atoms with E-state index >= 15 is 0 Å². The molecule has 0 aliphatic heterocycles. The summed E-state index contributed by atoms with van der Waals surface area (Å²) in [7, 11) is 0. The zero-order valence-corrected chi connectivity index (χ0v) is 10.8. The Morgan fingerprint density at radius 3 is 2.19 bits per heavy atom. The molecule has 0 aliphatic carbocycles. The minimum absolute atomic E-state index is 0.582. The van der Waals surface area contributed by atoms with Crippen molar-refractivity contribution in [3.8, 4) is 0 Å². The molecule has 0 bridgehead atoms. The molecule has 1 aromatic carbocycles. The molecule has 1 aromatic heterocycles. The van der Waals surface area contributed by atoms with Crippen LogP contribution in [0, 0.1) is 0 Å². The molecular formula is C14H13F3N2O2. The molecule has 112 valence electrons. The highest BCUT2D eigenvalue weighted by Crippen LogP contribution is 2.13. The van der Waals surface area contributed by atoms with Gasteiger partial charge in [-0.25, -0.2) is 9.78 Å². The van der Waals surface area contributed by atoms with Gasteiger partial charge in [-0.2, -0.15) is 13.2 Å². The van der Waals surface area contributed by atoms with Crippen molar-refractivity contribution >= 4 is 11.8 Å². The monoisotopic (exact) mass is 298 g/mol. The number of hydrogen-bond donors (Lipinski definition) is 2. The fourth-order valence-electron chi connectivity index (χ4n) is 1.44. The molecule has 0 unspecified atom stereocenters. The maximum absolute atomic E-state index is 10.6. The quantitative estimate of drug-likeness (QED) is 0.893. The third-order valence-electron chi connectivity index (χ3n) is 2.34. The molecule has 21 heavy (non-hydrogen) atoms. The van der Waals surface area contributed by atoms with Crippen molar-refractivity contribution in [2.45, 2.75) is 12.6 Å². The molecule has 1 heterocycles. The number of carboxylic acids is 1. The summed E-state index contributed by atoms with van der Waals surface area (Å²) in [6.45, 7) is 0. The SMILES string of the molecule is Nc1cc(Cc2ccccc2)ccn1.O=C(O)C(F)(F)F. The van der Waals surface area contributed by atoms with Crippen molar-refractivity contribution in [1.82, 2.24) is 4.98 Å². The topological polar surface area (TPSA) is 76.2 Å². The number of pyridine rings is 1. The van der Waals surface area contributed by atoms with Crippen LogP contribution in [-0.2, 0) is 11.2 Å². The van der Waals surface area contributed by atoms with E-state index in [4.69, 9.17) is 15.6 Å². The minimum Gasteiger partial charge on any atom is -0.475 e. The number of carboxylic acid groups (broad SMARTS) is 1. The van der Waals surface area contributed by atoms with Crippen molar-refractivity contribution in [1.29, 1.82) is 0 Å². The number of benzene rings is 1. The third-order valence-corrected chi connectivity index (χ3v) is 2.34. The number of anilines is 1. The highest BCUT2D eigenvalue weighted by Gasteiger charge is 2.38. The Bertz CT molecular complexity index is 586. The molecule has 0 saturated heterocycles. The van der Waals surface area contributed by atoms with Crippen LogP contribution in [0.25, 0.3) is 0 Å². The summed E-state index contributed by atoms with van der Waals surface area (Å²) in [5.74, 6) is -2.18. The number of nitrogens with two attached hydrogens (primary N) is 1. The Hall–Kier alpha value is -2.57. The van der Waals surface area contributed by atoms with Gasteiger partial charge in [-0.3, -0.25) is 0 Å². The van der Waals surface area contributed by atoms with Gasteiger partial charge in [0.1, 0.15) is 5.82 Å². The fraction of sp³-hybridized carbons (Fsp3) is 0.143. The molecule has 3 N–H and O–H groups in total. The van der Waals surface area contributed by atoms with E-state index in [2.05, 4.69) is 17.1 Å². The first-order valence-corrected chi connectivity index (χ1v) is 5.83. The number of hydrogen-bond acceptors (Lipinski definition) is 3. The van der Waals surface area contributed by atoms with Gasteiger partial charge < -0.3 is 10.8 Å². The van der Waals surface area contributed by atoms with Crippen LogP contribution in [0.15, 0.2) is 48.7 Å². The summed E-state index contributed by atoms with van der Waals surface area (Å²) < 4.78 is 31.7. The molecule has 0 amide bonds. The van der Waals surface area contributed by atoms with Gasteiger partial charge in [-0.15, -0.1) is 0 Å². The van der Waals surface area contributed by atoms with Gasteiger partial charge >= 0.3 is 12.1 Å². The second kappa shape index (κ2) is 7.28. The lowest BCUT2D eigenvalue weighted by molar-refractivity contribution is -0.192. The summed E-state index contributed by atoms with van der Waals surface area (Å²) in [6.07, 6.45) is -2.43. The van der Waals surface area contributed by atoms with Crippen molar-refractivity contribution in [2.24, 2.45) is 0 Å². The first-order valence-electron chi connectivity index (χ1n) is 5.83. The highest BCUT2D eigenvalue weighted by molar-refractivity contribution is 5.73. The minimum atomic E-state index is -5.08. The maximum Gasteiger partial charge on any atom is 0.490 e. The molecule has 0 fully saturated rings. The van der Waals surface area contributed by atoms with Crippen LogP contribution in [0.2, 0.25) is 0 Å². The Kier molecular flexibility index (Phi) is 5.71. The summed E-state index contributed by atoms with van der Waals surface area (Å²) in [6, 6.07) is 14.2. The first kappa shape index (κ1) is 16.5. The van der Waals surface area contributed by atoms with Crippen LogP contribution in [0.5, 0.6) is 0 Å². The van der Waals surface area contributed by atoms with E-state index in [-0.39, 0.29) is 0 Å². The van der Waals surface area contributed by atoms with E-state index in [1.807, 2.05) is 30.3 Å². The van der Waals surface area contributed by atoms with Crippen LogP contribution in [-0.4, -0.2) is 22.2 Å². The van der Waals surface area contributed by atoms with E-state index in [0.717, 1.165) is 6.42 Å². The van der Waals surface area contributed by atoms with Crippen LogP contribution in [0.4, 0.5) is 19.0 Å². The highest BCUT2D eigenvalue weighted by atomic mass is 19.4. The lowest BCUT2D eigenvalue weighted by Crippen LogP contribution is -2.21. The number of carbonyl (C=O) groups is 1. The summed E-state index contributed by atoms with van der Waals surface area (Å²) in [4.78, 5) is 12.9. The van der Waals surface area contributed by atoms with Crippen molar-refractivity contribution in [2.75, 3.05) is 5.73 Å². The molecule has 0 atom stereocenters. The molecule has 4 nitrogen and oxygen atoms in total. The van der Waals surface area contributed by atoms with Crippen molar-refractivity contribution in [3.05, 3.63) is 59.8 Å². The summed E-state index contributed by atoms with van der Waals surface area (Å²) in [5.41, 5.74) is 8.09. The van der Waals surface area contributed by atoms with Gasteiger partial charge in [0.15, 0.2) is 0 Å². The lowest BCUT2D eigenvalue weighted by atomic mass is 10.1. The molecule has 2 aromatic rings. The first-order chi connectivity index (χ1) is 9.79. The molecule has 0 spiro atoms. The lowest BCUT2D eigenvalue weighted by Gasteiger charge is -2.01. The average molecular weight is 298 g/mol. The number of aliphatic carboxylic acids is 1. The van der Waals surface area contributed by atoms with Gasteiger partial charge in [0.05, 0.1) is 0 Å². The zero-order valence-electron chi connectivity index (χ0n) is 10.8. The van der Waals surface area contributed by atoms with E-state index in [9.17, 15) is 13.2 Å². The van der Waals surface area contributed by atoms with E-state index < -0.39 is 12.1 Å². The number of alkyl halides is 3.